The van der Waals surface area contributed by atoms with Crippen molar-refractivity contribution in [1.82, 2.24) is 0 Å². The summed E-state index contributed by atoms with van der Waals surface area (Å²) in [6.45, 7) is 9.60. The van der Waals surface area contributed by atoms with Gasteiger partial charge in [0.05, 0.1) is 12.5 Å². The van der Waals surface area contributed by atoms with Crippen LogP contribution in [-0.4, -0.2) is 41.6 Å². The number of carboxylic acid groups (broad SMARTS) is 1. The van der Waals surface area contributed by atoms with E-state index in [1.807, 2.05) is 27.7 Å². The third-order valence-corrected chi connectivity index (χ3v) is 7.94. The minimum Gasteiger partial charge on any atom is -0.480 e. The maximum Gasteiger partial charge on any atom is 0.321 e. The highest BCUT2D eigenvalue weighted by molar-refractivity contribution is 5.77. The van der Waals surface area contributed by atoms with Crippen molar-refractivity contribution >= 4 is 23.9 Å². The van der Waals surface area contributed by atoms with E-state index in [-0.39, 0.29) is 54.7 Å². The van der Waals surface area contributed by atoms with Crippen molar-refractivity contribution in [3.63, 3.8) is 0 Å². The van der Waals surface area contributed by atoms with E-state index in [4.69, 9.17) is 19.9 Å². The molecular weight excluding hydrogens is 514 g/mol. The van der Waals surface area contributed by atoms with E-state index < -0.39 is 35.8 Å². The van der Waals surface area contributed by atoms with Crippen molar-refractivity contribution in [3.05, 3.63) is 23.8 Å². The van der Waals surface area contributed by atoms with Crippen LogP contribution in [0.2, 0.25) is 0 Å². The highest BCUT2D eigenvalue weighted by Gasteiger charge is 2.33. The minimum absolute atomic E-state index is 0.00421. The fraction of sp³-hybridized carbons (Fsp3) is 0.677. The van der Waals surface area contributed by atoms with Crippen molar-refractivity contribution in [2.24, 2.45) is 29.4 Å². The standard InChI is InChI=1S/C31H47NO8/c1-6-19(3)15-26(33)39-24-14-13-23(17-25(24)40-27(34)16-20(4)7-2)28(29(32)30(35)36)21(5)18-38-31(37)22-11-9-8-10-12-22/h13-14,17,19-22,28-29H,6-12,15-16,18,32H2,1-5H3,(H,35,36)/t19?,20?,21?,28?,29-/m0/s1. The lowest BCUT2D eigenvalue weighted by atomic mass is 9.82. The second-order valence-electron chi connectivity index (χ2n) is 11.4. The SMILES string of the molecule is CCC(C)CC(=O)Oc1ccc(C(C(C)COC(=O)C2CCCCC2)[C@H](N)C(=O)O)cc1OC(=O)CC(C)CC. The monoisotopic (exact) mass is 561 g/mol. The molecule has 3 N–H and O–H groups in total. The minimum atomic E-state index is -1.31. The van der Waals surface area contributed by atoms with Crippen LogP contribution in [0.5, 0.6) is 11.5 Å². The molecule has 0 saturated heterocycles. The summed E-state index contributed by atoms with van der Waals surface area (Å²) in [6.07, 6.45) is 6.68. The van der Waals surface area contributed by atoms with Gasteiger partial charge in [-0.15, -0.1) is 0 Å². The highest BCUT2D eigenvalue weighted by Crippen LogP contribution is 2.36. The summed E-state index contributed by atoms with van der Waals surface area (Å²) in [5.41, 5.74) is 6.61. The molecule has 0 spiro atoms. The summed E-state index contributed by atoms with van der Waals surface area (Å²) in [5.74, 6) is -3.46. The van der Waals surface area contributed by atoms with Gasteiger partial charge in [-0.3, -0.25) is 19.2 Å². The summed E-state index contributed by atoms with van der Waals surface area (Å²) in [4.78, 5) is 49.8. The van der Waals surface area contributed by atoms with Crippen LogP contribution in [0.15, 0.2) is 18.2 Å². The lowest BCUT2D eigenvalue weighted by Gasteiger charge is -2.29. The molecule has 1 aromatic carbocycles. The normalized spacial score (nSPS) is 17.6. The Bertz CT molecular complexity index is 1000. The lowest BCUT2D eigenvalue weighted by Crippen LogP contribution is -2.41. The van der Waals surface area contributed by atoms with Gasteiger partial charge in [-0.25, -0.2) is 0 Å². The van der Waals surface area contributed by atoms with Crippen molar-refractivity contribution in [2.45, 2.75) is 104 Å². The van der Waals surface area contributed by atoms with Gasteiger partial charge in [-0.2, -0.15) is 0 Å². The number of hydrogen-bond donors (Lipinski definition) is 2. The summed E-state index contributed by atoms with van der Waals surface area (Å²) in [7, 11) is 0. The Hall–Kier alpha value is -2.94. The number of carboxylic acids is 1. The molecule has 9 nitrogen and oxygen atoms in total. The zero-order valence-corrected chi connectivity index (χ0v) is 24.6. The third kappa shape index (κ3) is 10.2. The molecule has 40 heavy (non-hydrogen) atoms. The molecule has 224 valence electrons. The Kier molecular flexibility index (Phi) is 13.6. The Morgan fingerprint density at radius 1 is 0.900 bits per heavy atom. The summed E-state index contributed by atoms with van der Waals surface area (Å²) in [5, 5.41) is 9.78. The molecule has 9 heteroatoms. The van der Waals surface area contributed by atoms with Gasteiger partial charge in [-0.1, -0.05) is 72.8 Å². The van der Waals surface area contributed by atoms with Crippen LogP contribution in [0.3, 0.4) is 0 Å². The number of ether oxygens (including phenoxy) is 3. The molecule has 0 amide bonds. The van der Waals surface area contributed by atoms with Gasteiger partial charge in [-0.05, 0) is 48.3 Å². The van der Waals surface area contributed by atoms with Gasteiger partial charge in [0.25, 0.3) is 0 Å². The molecule has 2 rings (SSSR count). The molecule has 4 unspecified atom stereocenters. The first-order valence-electron chi connectivity index (χ1n) is 14.7. The van der Waals surface area contributed by atoms with Crippen LogP contribution in [-0.2, 0) is 23.9 Å². The van der Waals surface area contributed by atoms with E-state index in [2.05, 4.69) is 0 Å². The van der Waals surface area contributed by atoms with Gasteiger partial charge in [0.15, 0.2) is 11.5 Å². The summed E-state index contributed by atoms with van der Waals surface area (Å²) in [6, 6.07) is 3.31. The molecule has 1 aliphatic rings. The second-order valence-corrected chi connectivity index (χ2v) is 11.4. The molecule has 1 fully saturated rings. The van der Waals surface area contributed by atoms with Crippen molar-refractivity contribution in [2.75, 3.05) is 6.61 Å². The topological polar surface area (TPSA) is 142 Å². The zero-order chi connectivity index (χ0) is 29.8. The van der Waals surface area contributed by atoms with Gasteiger partial charge < -0.3 is 25.1 Å². The zero-order valence-electron chi connectivity index (χ0n) is 24.6. The van der Waals surface area contributed by atoms with E-state index in [1.54, 1.807) is 13.0 Å². The Labute approximate surface area is 238 Å². The highest BCUT2D eigenvalue weighted by atomic mass is 16.6. The lowest BCUT2D eigenvalue weighted by molar-refractivity contribution is -0.151. The van der Waals surface area contributed by atoms with Crippen molar-refractivity contribution < 1.29 is 38.5 Å². The van der Waals surface area contributed by atoms with Crippen LogP contribution in [0.4, 0.5) is 0 Å². The van der Waals surface area contributed by atoms with E-state index in [0.29, 0.717) is 5.56 Å². The van der Waals surface area contributed by atoms with Gasteiger partial charge in [0.2, 0.25) is 0 Å². The van der Waals surface area contributed by atoms with Crippen LogP contribution < -0.4 is 15.2 Å². The average Bonchev–Trinajstić information content (AvgIpc) is 2.93. The second kappa shape index (κ2) is 16.4. The number of hydrogen-bond acceptors (Lipinski definition) is 8. The van der Waals surface area contributed by atoms with Crippen molar-refractivity contribution in [3.8, 4) is 11.5 Å². The fourth-order valence-electron chi connectivity index (χ4n) is 4.90. The van der Waals surface area contributed by atoms with E-state index >= 15 is 0 Å². The number of esters is 3. The summed E-state index contributed by atoms with van der Waals surface area (Å²) >= 11 is 0. The van der Waals surface area contributed by atoms with Crippen LogP contribution in [0.25, 0.3) is 0 Å². The number of benzene rings is 1. The third-order valence-electron chi connectivity index (χ3n) is 7.94. The molecule has 1 aromatic rings. The molecule has 0 bridgehead atoms. The van der Waals surface area contributed by atoms with Crippen LogP contribution in [0, 0.1) is 23.7 Å². The molecular formula is C31H47NO8. The first-order chi connectivity index (χ1) is 19.0. The maximum atomic E-state index is 12.7. The maximum absolute atomic E-state index is 12.7. The van der Waals surface area contributed by atoms with Gasteiger partial charge in [0.1, 0.15) is 6.04 Å². The van der Waals surface area contributed by atoms with Gasteiger partial charge in [0, 0.05) is 18.8 Å². The van der Waals surface area contributed by atoms with E-state index in [9.17, 15) is 24.3 Å². The quantitative estimate of drug-likeness (QED) is 0.206. The molecule has 0 aliphatic heterocycles. The van der Waals surface area contributed by atoms with Crippen molar-refractivity contribution in [1.29, 1.82) is 0 Å². The molecule has 1 saturated carbocycles. The molecule has 0 heterocycles. The molecule has 0 aromatic heterocycles. The molecule has 0 radical (unpaired) electrons. The largest absolute Gasteiger partial charge is 0.480 e. The first-order valence-corrected chi connectivity index (χ1v) is 14.7. The first kappa shape index (κ1) is 33.3. The smallest absolute Gasteiger partial charge is 0.321 e. The van der Waals surface area contributed by atoms with Crippen LogP contribution >= 0.6 is 0 Å². The fourth-order valence-corrected chi connectivity index (χ4v) is 4.90. The molecule has 1 aliphatic carbocycles. The molecule has 5 atom stereocenters. The number of carbonyl (C=O) groups is 4. The number of rotatable bonds is 15. The Morgan fingerprint density at radius 3 is 1.98 bits per heavy atom. The number of aliphatic carboxylic acids is 1. The van der Waals surface area contributed by atoms with Gasteiger partial charge >= 0.3 is 23.9 Å². The predicted octanol–water partition coefficient (Wildman–Crippen LogP) is 5.62. The van der Waals surface area contributed by atoms with Crippen LogP contribution in [0.1, 0.15) is 104 Å². The Morgan fingerprint density at radius 2 is 1.45 bits per heavy atom. The van der Waals surface area contributed by atoms with E-state index in [0.717, 1.165) is 44.9 Å². The number of nitrogens with two attached hydrogens (primary N) is 1. The number of carbonyl (C=O) groups excluding carboxylic acids is 3. The average molecular weight is 562 g/mol. The predicted molar refractivity (Wildman–Crippen MR) is 151 cm³/mol. The summed E-state index contributed by atoms with van der Waals surface area (Å²) < 4.78 is 16.8. The van der Waals surface area contributed by atoms with E-state index in [1.165, 1.54) is 12.1 Å². The Balaban J connectivity index is 2.34.